The molecule has 130 valence electrons. The molecule has 0 unspecified atom stereocenters. The van der Waals surface area contributed by atoms with Crippen LogP contribution in [0.15, 0.2) is 44.3 Å². The molecule has 0 saturated heterocycles. The van der Waals surface area contributed by atoms with Gasteiger partial charge in [0, 0.05) is 11.4 Å². The Balaban J connectivity index is 2.18. The summed E-state index contributed by atoms with van der Waals surface area (Å²) in [5, 5.41) is 0. The third-order valence-electron chi connectivity index (χ3n) is 4.43. The smallest absolute Gasteiger partial charge is 0.216 e. The van der Waals surface area contributed by atoms with Gasteiger partial charge in [0.1, 0.15) is 4.21 Å². The predicted octanol–water partition coefficient (Wildman–Crippen LogP) is 2.49. The Morgan fingerprint density at radius 2 is 1.92 bits per heavy atom. The van der Waals surface area contributed by atoms with E-state index in [9.17, 15) is 16.8 Å². The summed E-state index contributed by atoms with van der Waals surface area (Å²) in [6.07, 6.45) is 0.527. The van der Waals surface area contributed by atoms with E-state index in [4.69, 9.17) is 5.73 Å². The average molecular weight is 386 g/mol. The Bertz CT molecular complexity index is 1000. The van der Waals surface area contributed by atoms with Crippen molar-refractivity contribution in [3.63, 3.8) is 0 Å². The number of sulfone groups is 2. The quantitative estimate of drug-likeness (QED) is 0.876. The van der Waals surface area contributed by atoms with Crippen LogP contribution in [0.4, 0.5) is 0 Å². The fourth-order valence-electron chi connectivity index (χ4n) is 2.85. The summed E-state index contributed by atoms with van der Waals surface area (Å²) < 4.78 is 50.6. The molecule has 0 radical (unpaired) electrons. The molecule has 1 aliphatic rings. The third kappa shape index (κ3) is 2.81. The second-order valence-electron chi connectivity index (χ2n) is 6.54. The van der Waals surface area contributed by atoms with Gasteiger partial charge in [0.2, 0.25) is 9.84 Å². The SMILES string of the molecule is CC1(C)CCS(=O)(=O)c2cc(S(=O)(=O)c3ccc(CN)s3)ccc21. The molecule has 2 aromatic rings. The molecule has 3 rings (SSSR count). The van der Waals surface area contributed by atoms with E-state index >= 15 is 0 Å². The monoisotopic (exact) mass is 385 g/mol. The van der Waals surface area contributed by atoms with Gasteiger partial charge in [-0.2, -0.15) is 0 Å². The molecule has 5 nitrogen and oxygen atoms in total. The van der Waals surface area contributed by atoms with E-state index < -0.39 is 19.7 Å². The van der Waals surface area contributed by atoms with Gasteiger partial charge in [-0.3, -0.25) is 0 Å². The van der Waals surface area contributed by atoms with Crippen LogP contribution < -0.4 is 5.73 Å². The highest BCUT2D eigenvalue weighted by Gasteiger charge is 2.36. The minimum atomic E-state index is -3.75. The normalized spacial score (nSPS) is 19.0. The fraction of sp³-hybridized carbons (Fsp3) is 0.375. The molecular formula is C16H19NO4S3. The molecule has 0 atom stereocenters. The largest absolute Gasteiger partial charge is 0.326 e. The number of thiophene rings is 1. The molecule has 0 spiro atoms. The summed E-state index contributed by atoms with van der Waals surface area (Å²) in [6.45, 7) is 4.22. The van der Waals surface area contributed by atoms with Crippen molar-refractivity contribution in [3.05, 3.63) is 40.8 Å². The summed E-state index contributed by atoms with van der Waals surface area (Å²) in [4.78, 5) is 0.906. The van der Waals surface area contributed by atoms with Crippen molar-refractivity contribution in [2.24, 2.45) is 5.73 Å². The lowest BCUT2D eigenvalue weighted by Gasteiger charge is -2.32. The van der Waals surface area contributed by atoms with Crippen molar-refractivity contribution in [2.45, 2.75) is 46.2 Å². The van der Waals surface area contributed by atoms with Crippen LogP contribution in [0.25, 0.3) is 0 Å². The molecule has 2 heterocycles. The molecule has 1 aliphatic heterocycles. The Labute approximate surface area is 146 Å². The van der Waals surface area contributed by atoms with Gasteiger partial charge in [-0.25, -0.2) is 16.8 Å². The van der Waals surface area contributed by atoms with Gasteiger partial charge in [0.05, 0.1) is 15.5 Å². The maximum atomic E-state index is 12.8. The van der Waals surface area contributed by atoms with Gasteiger partial charge >= 0.3 is 0 Å². The van der Waals surface area contributed by atoms with Crippen molar-refractivity contribution in [3.8, 4) is 0 Å². The number of fused-ring (bicyclic) bond motifs is 1. The van der Waals surface area contributed by atoms with Gasteiger partial charge in [0.25, 0.3) is 0 Å². The Kier molecular flexibility index (Phi) is 4.15. The molecule has 1 aromatic carbocycles. The van der Waals surface area contributed by atoms with Gasteiger partial charge in [0.15, 0.2) is 9.84 Å². The molecule has 0 fully saturated rings. The fourth-order valence-corrected chi connectivity index (χ4v) is 7.57. The number of rotatable bonds is 3. The molecule has 0 saturated carbocycles. The Morgan fingerprint density at radius 1 is 1.21 bits per heavy atom. The van der Waals surface area contributed by atoms with Crippen LogP contribution in [0.3, 0.4) is 0 Å². The summed E-state index contributed by atoms with van der Waals surface area (Å²) in [5.74, 6) is 0.0345. The lowest BCUT2D eigenvalue weighted by atomic mass is 9.82. The van der Waals surface area contributed by atoms with Crippen LogP contribution in [-0.2, 0) is 31.6 Å². The zero-order valence-electron chi connectivity index (χ0n) is 13.4. The molecule has 0 bridgehead atoms. The maximum Gasteiger partial charge on any atom is 0.216 e. The first-order valence-corrected chi connectivity index (χ1v) is 11.4. The summed E-state index contributed by atoms with van der Waals surface area (Å²) >= 11 is 1.11. The number of hydrogen-bond donors (Lipinski definition) is 1. The van der Waals surface area contributed by atoms with Gasteiger partial charge in [-0.15, -0.1) is 11.3 Å². The van der Waals surface area contributed by atoms with Crippen LogP contribution in [0, 0.1) is 0 Å². The van der Waals surface area contributed by atoms with E-state index in [1.807, 2.05) is 13.8 Å². The van der Waals surface area contributed by atoms with Crippen molar-refractivity contribution in [1.82, 2.24) is 0 Å². The third-order valence-corrected chi connectivity index (χ3v) is 9.53. The summed E-state index contributed by atoms with van der Waals surface area (Å²) in [7, 11) is -7.21. The lowest BCUT2D eigenvalue weighted by molar-refractivity contribution is 0.472. The highest BCUT2D eigenvalue weighted by atomic mass is 32.2. The summed E-state index contributed by atoms with van der Waals surface area (Å²) in [5.41, 5.74) is 5.93. The predicted molar refractivity (Wildman–Crippen MR) is 93.8 cm³/mol. The van der Waals surface area contributed by atoms with Gasteiger partial charge in [-0.05, 0) is 41.7 Å². The summed E-state index contributed by atoms with van der Waals surface area (Å²) in [6, 6.07) is 7.63. The van der Waals surface area contributed by atoms with Crippen molar-refractivity contribution < 1.29 is 16.8 Å². The number of hydrogen-bond acceptors (Lipinski definition) is 6. The minimum Gasteiger partial charge on any atom is -0.326 e. The van der Waals surface area contributed by atoms with Crippen LogP contribution in [0.5, 0.6) is 0 Å². The van der Waals surface area contributed by atoms with E-state index in [-0.39, 0.29) is 31.7 Å². The van der Waals surface area contributed by atoms with Crippen LogP contribution in [0.1, 0.15) is 30.7 Å². The first kappa shape index (κ1) is 17.6. The van der Waals surface area contributed by atoms with Crippen molar-refractivity contribution in [1.29, 1.82) is 0 Å². The topological polar surface area (TPSA) is 94.3 Å². The second-order valence-corrected chi connectivity index (χ2v) is 12.0. The molecule has 1 aromatic heterocycles. The van der Waals surface area contributed by atoms with Crippen molar-refractivity contribution >= 4 is 31.0 Å². The van der Waals surface area contributed by atoms with Gasteiger partial charge in [-0.1, -0.05) is 19.9 Å². The van der Waals surface area contributed by atoms with Crippen LogP contribution in [-0.4, -0.2) is 22.6 Å². The first-order valence-electron chi connectivity index (χ1n) is 7.49. The molecule has 0 aliphatic carbocycles. The number of nitrogens with two attached hydrogens (primary N) is 1. The average Bonchev–Trinajstić information content (AvgIpc) is 3.01. The maximum absolute atomic E-state index is 12.8. The van der Waals surface area contributed by atoms with E-state index in [0.717, 1.165) is 16.2 Å². The molecule has 8 heteroatoms. The minimum absolute atomic E-state index is 0.00736. The second kappa shape index (κ2) is 5.66. The molecule has 2 N–H and O–H groups in total. The Hall–Kier alpha value is -1.22. The van der Waals surface area contributed by atoms with Crippen LogP contribution >= 0.6 is 11.3 Å². The zero-order valence-corrected chi connectivity index (χ0v) is 15.9. The van der Waals surface area contributed by atoms with Crippen molar-refractivity contribution in [2.75, 3.05) is 5.75 Å². The van der Waals surface area contributed by atoms with E-state index in [1.54, 1.807) is 12.1 Å². The number of benzene rings is 1. The van der Waals surface area contributed by atoms with E-state index in [0.29, 0.717) is 12.0 Å². The highest BCUT2D eigenvalue weighted by molar-refractivity contribution is 7.93. The lowest BCUT2D eigenvalue weighted by Crippen LogP contribution is -2.30. The van der Waals surface area contributed by atoms with Gasteiger partial charge < -0.3 is 5.73 Å². The standard InChI is InChI=1S/C16H19NO4S3/c1-16(2)7-8-23(18,19)14-9-12(4-5-13(14)16)24(20,21)15-6-3-11(10-17)22-15/h3-6,9H,7-8,10,17H2,1-2H3. The zero-order chi connectivity index (χ0) is 17.8. The van der Waals surface area contributed by atoms with E-state index in [2.05, 4.69) is 0 Å². The van der Waals surface area contributed by atoms with E-state index in [1.165, 1.54) is 18.2 Å². The highest BCUT2D eigenvalue weighted by Crippen LogP contribution is 2.40. The molecular weight excluding hydrogens is 366 g/mol. The molecule has 24 heavy (non-hydrogen) atoms. The van der Waals surface area contributed by atoms with Crippen LogP contribution in [0.2, 0.25) is 0 Å². The Morgan fingerprint density at radius 3 is 2.54 bits per heavy atom. The first-order chi connectivity index (χ1) is 11.1. The molecule has 0 amide bonds.